The van der Waals surface area contributed by atoms with Crippen LogP contribution in [0.4, 0.5) is 22.7 Å². The van der Waals surface area contributed by atoms with Crippen molar-refractivity contribution in [1.29, 1.82) is 0 Å². The fourth-order valence-electron chi connectivity index (χ4n) is 8.85. The van der Waals surface area contributed by atoms with E-state index in [1.165, 1.54) is 83.2 Å². The summed E-state index contributed by atoms with van der Waals surface area (Å²) in [5.74, 6) is 0. The molecule has 47 heavy (non-hydrogen) atoms. The summed E-state index contributed by atoms with van der Waals surface area (Å²) in [4.78, 5) is 5.16. The third-order valence-electron chi connectivity index (χ3n) is 10.6. The number of aromatic nitrogens is 1. The first-order valence-corrected chi connectivity index (χ1v) is 16.4. The van der Waals surface area contributed by atoms with Crippen molar-refractivity contribution in [2.24, 2.45) is 0 Å². The van der Waals surface area contributed by atoms with Gasteiger partial charge in [0.25, 0.3) is 0 Å². The fourth-order valence-corrected chi connectivity index (χ4v) is 8.85. The number of rotatable bonds is 3. The molecule has 4 heterocycles. The first-order chi connectivity index (χ1) is 23.4. The normalized spacial score (nSPS) is 13.8. The van der Waals surface area contributed by atoms with Gasteiger partial charge in [-0.2, -0.15) is 0 Å². The largest absolute Gasteiger partial charge is 0.421 e. The molecule has 0 spiro atoms. The Labute approximate surface area is 274 Å². The molecule has 3 aliphatic heterocycles. The van der Waals surface area contributed by atoms with Crippen LogP contribution in [0.15, 0.2) is 164 Å². The van der Waals surface area contributed by atoms with Crippen molar-refractivity contribution in [2.75, 3.05) is 9.62 Å². The van der Waals surface area contributed by atoms with Gasteiger partial charge < -0.3 is 14.1 Å². The Morgan fingerprint density at radius 3 is 1.81 bits per heavy atom. The third kappa shape index (κ3) is 3.23. The van der Waals surface area contributed by atoms with Gasteiger partial charge in [-0.3, -0.25) is 0 Å². The third-order valence-corrected chi connectivity index (χ3v) is 10.6. The minimum atomic E-state index is -0.0536. The van der Waals surface area contributed by atoms with Crippen LogP contribution in [0, 0.1) is 0 Å². The van der Waals surface area contributed by atoms with Gasteiger partial charge in [-0.15, -0.1) is 0 Å². The maximum absolute atomic E-state index is 2.63. The van der Waals surface area contributed by atoms with Crippen LogP contribution in [0.1, 0.15) is 0 Å². The average molecular weight is 595 g/mol. The second-order valence-electron chi connectivity index (χ2n) is 12.8. The average Bonchev–Trinajstić information content (AvgIpc) is 3.48. The zero-order chi connectivity index (χ0) is 30.6. The van der Waals surface area contributed by atoms with E-state index < -0.39 is 0 Å². The highest BCUT2D eigenvalue weighted by molar-refractivity contribution is 6.93. The highest BCUT2D eigenvalue weighted by Gasteiger charge is 2.49. The molecule has 0 saturated carbocycles. The van der Waals surface area contributed by atoms with Crippen LogP contribution in [-0.4, -0.2) is 18.3 Å². The number of nitrogens with zero attached hydrogens (tertiary/aromatic N) is 3. The molecular weight excluding hydrogens is 568 g/mol. The maximum Gasteiger partial charge on any atom is 0.421 e. The molecular formula is C42H27B2N3. The lowest BCUT2D eigenvalue weighted by molar-refractivity contribution is 1.22. The molecule has 0 bridgehead atoms. The summed E-state index contributed by atoms with van der Waals surface area (Å²) < 4.78 is 2.63. The quantitative estimate of drug-likeness (QED) is 0.191. The van der Waals surface area contributed by atoms with E-state index in [1.54, 1.807) is 0 Å². The highest BCUT2D eigenvalue weighted by atomic mass is 15.2. The Kier molecular flexibility index (Phi) is 5.01. The molecule has 3 nitrogen and oxygen atoms in total. The lowest BCUT2D eigenvalue weighted by atomic mass is 9.42. The molecule has 3 aliphatic rings. The summed E-state index contributed by atoms with van der Waals surface area (Å²) in [5.41, 5.74) is 16.8. The SMILES string of the molecule is c1ccc(B2c3ccc4c5c3-c3c(cccc3N(c3ccccc3)B5n3c5ccccc5c5cccc-4c53)N2c2ccccc2)cc1. The van der Waals surface area contributed by atoms with E-state index in [4.69, 9.17) is 0 Å². The molecule has 5 heteroatoms. The Morgan fingerprint density at radius 1 is 0.426 bits per heavy atom. The summed E-state index contributed by atoms with van der Waals surface area (Å²) >= 11 is 0. The van der Waals surface area contributed by atoms with E-state index in [1.807, 2.05) is 0 Å². The van der Waals surface area contributed by atoms with E-state index in [0.717, 1.165) is 0 Å². The lowest BCUT2D eigenvalue weighted by Crippen LogP contribution is -2.63. The van der Waals surface area contributed by atoms with Crippen molar-refractivity contribution in [2.45, 2.75) is 0 Å². The molecule has 0 radical (unpaired) electrons. The van der Waals surface area contributed by atoms with Gasteiger partial charge in [-0.25, -0.2) is 0 Å². The highest BCUT2D eigenvalue weighted by Crippen LogP contribution is 2.52. The van der Waals surface area contributed by atoms with Crippen molar-refractivity contribution in [3.63, 3.8) is 0 Å². The topological polar surface area (TPSA) is 11.4 Å². The number of hydrogen-bond acceptors (Lipinski definition) is 2. The predicted molar refractivity (Wildman–Crippen MR) is 200 cm³/mol. The zero-order valence-corrected chi connectivity index (χ0v) is 25.6. The second kappa shape index (κ2) is 9.31. The fraction of sp³-hybridized carbons (Fsp3) is 0. The number of benzene rings is 7. The molecule has 1 aromatic heterocycles. The van der Waals surface area contributed by atoms with Gasteiger partial charge in [0.05, 0.1) is 0 Å². The van der Waals surface area contributed by atoms with Gasteiger partial charge in [0.15, 0.2) is 0 Å². The summed E-state index contributed by atoms with van der Waals surface area (Å²) in [6.07, 6.45) is 0. The Bertz CT molecular complexity index is 2540. The van der Waals surface area contributed by atoms with Crippen LogP contribution in [0.5, 0.6) is 0 Å². The van der Waals surface area contributed by atoms with E-state index in [9.17, 15) is 0 Å². The zero-order valence-electron chi connectivity index (χ0n) is 25.6. The maximum atomic E-state index is 2.63. The van der Waals surface area contributed by atoms with E-state index >= 15 is 0 Å². The Hall–Kier alpha value is -5.93. The van der Waals surface area contributed by atoms with Crippen molar-refractivity contribution in [3.8, 4) is 22.3 Å². The van der Waals surface area contributed by atoms with E-state index in [0.29, 0.717) is 0 Å². The van der Waals surface area contributed by atoms with Crippen LogP contribution >= 0.6 is 0 Å². The molecule has 216 valence electrons. The van der Waals surface area contributed by atoms with Crippen molar-refractivity contribution >= 4 is 74.8 Å². The lowest BCUT2D eigenvalue weighted by Gasteiger charge is -2.48. The molecule has 8 aromatic rings. The number of para-hydroxylation sites is 4. The standard InChI is InChI=1S/C42H27B2N3/c1-4-14-28(15-5-1)43-35-27-26-32-34-22-12-21-33-31-20-10-11-23-36(31)47(42(33)34)44-41(32)39(35)40-37(45(43)29-16-6-2-7-17-29)24-13-25-38(40)46(44)30-18-8-3-9-19-30/h1-27H. The smallest absolute Gasteiger partial charge is 0.376 e. The van der Waals surface area contributed by atoms with E-state index in [-0.39, 0.29) is 13.8 Å². The predicted octanol–water partition coefficient (Wildman–Crippen LogP) is 8.09. The molecule has 0 aliphatic carbocycles. The molecule has 7 aromatic carbocycles. The molecule has 0 amide bonds. The summed E-state index contributed by atoms with van der Waals surface area (Å²) in [7, 11) is 0. The van der Waals surface area contributed by atoms with Crippen LogP contribution in [0.2, 0.25) is 0 Å². The van der Waals surface area contributed by atoms with Crippen LogP contribution in [0.25, 0.3) is 44.1 Å². The van der Waals surface area contributed by atoms with Crippen LogP contribution in [-0.2, 0) is 0 Å². The van der Waals surface area contributed by atoms with Gasteiger partial charge in [-0.05, 0) is 64.5 Å². The molecule has 0 atom stereocenters. The molecule has 0 saturated heterocycles. The Balaban J connectivity index is 1.33. The monoisotopic (exact) mass is 595 g/mol. The molecule has 0 unspecified atom stereocenters. The van der Waals surface area contributed by atoms with Gasteiger partial charge in [-0.1, -0.05) is 127 Å². The Morgan fingerprint density at radius 2 is 1.04 bits per heavy atom. The minimum absolute atomic E-state index is 0.0178. The van der Waals surface area contributed by atoms with Gasteiger partial charge in [0.1, 0.15) is 0 Å². The van der Waals surface area contributed by atoms with Gasteiger partial charge >= 0.3 is 13.8 Å². The molecule has 0 fully saturated rings. The van der Waals surface area contributed by atoms with E-state index in [2.05, 4.69) is 178 Å². The van der Waals surface area contributed by atoms with Crippen molar-refractivity contribution < 1.29 is 0 Å². The molecule has 0 N–H and O–H groups in total. The second-order valence-corrected chi connectivity index (χ2v) is 12.8. The van der Waals surface area contributed by atoms with Crippen LogP contribution < -0.4 is 26.0 Å². The van der Waals surface area contributed by atoms with Crippen molar-refractivity contribution in [3.05, 3.63) is 164 Å². The van der Waals surface area contributed by atoms with Crippen molar-refractivity contribution in [1.82, 2.24) is 4.48 Å². The summed E-state index contributed by atoms with van der Waals surface area (Å²) in [6.45, 7) is -0.0359. The summed E-state index contributed by atoms with van der Waals surface area (Å²) in [5, 5.41) is 2.61. The van der Waals surface area contributed by atoms with Crippen LogP contribution in [0.3, 0.4) is 0 Å². The van der Waals surface area contributed by atoms with Gasteiger partial charge in [0, 0.05) is 55.7 Å². The number of hydrogen-bond donors (Lipinski definition) is 0. The van der Waals surface area contributed by atoms with Gasteiger partial charge in [0.2, 0.25) is 0 Å². The first-order valence-electron chi connectivity index (χ1n) is 16.4. The minimum Gasteiger partial charge on any atom is -0.376 e. The molecule has 11 rings (SSSR count). The first kappa shape index (κ1) is 25.3. The number of fused-ring (bicyclic) bond motifs is 5. The summed E-state index contributed by atoms with van der Waals surface area (Å²) in [6, 6.07) is 60.5. The number of anilines is 4.